The number of allylic oxidation sites excluding steroid dienone is 9. The van der Waals surface area contributed by atoms with Gasteiger partial charge in [0.15, 0.2) is 12.1 Å². The molecule has 4 aromatic rings. The van der Waals surface area contributed by atoms with E-state index in [-0.39, 0.29) is 5.78 Å². The molecule has 4 aromatic carbocycles. The predicted octanol–water partition coefficient (Wildman–Crippen LogP) is 9.26. The lowest BCUT2D eigenvalue weighted by Gasteiger charge is -2.08. The highest BCUT2D eigenvalue weighted by atomic mass is 35.5. The predicted molar refractivity (Wildman–Crippen MR) is 159 cm³/mol. The van der Waals surface area contributed by atoms with E-state index in [4.69, 9.17) is 11.6 Å². The molecule has 0 saturated carbocycles. The van der Waals surface area contributed by atoms with Crippen molar-refractivity contribution in [2.75, 3.05) is 0 Å². The molecule has 0 unspecified atom stereocenters. The van der Waals surface area contributed by atoms with Gasteiger partial charge in [-0.2, -0.15) is 0 Å². The molecule has 184 valence electrons. The maximum atomic E-state index is 13.3. The van der Waals surface area contributed by atoms with Crippen molar-refractivity contribution in [3.05, 3.63) is 142 Å². The fraction of sp³-hybridized carbons (Fsp3) is 0.0857. The van der Waals surface area contributed by atoms with E-state index in [0.717, 1.165) is 79.7 Å². The quantitative estimate of drug-likeness (QED) is 0.197. The Morgan fingerprint density at radius 3 is 2.13 bits per heavy atom. The maximum Gasteiger partial charge on any atom is 0.193 e. The fourth-order valence-corrected chi connectivity index (χ4v) is 5.76. The van der Waals surface area contributed by atoms with E-state index >= 15 is 0 Å². The van der Waals surface area contributed by atoms with Crippen LogP contribution in [0.15, 0.2) is 119 Å². The molecule has 0 fully saturated rings. The van der Waals surface area contributed by atoms with Crippen LogP contribution in [0.5, 0.6) is 0 Å². The molecule has 0 radical (unpaired) electrons. The first-order chi connectivity index (χ1) is 18.4. The summed E-state index contributed by atoms with van der Waals surface area (Å²) in [6.07, 6.45) is 8.29. The van der Waals surface area contributed by atoms with Crippen LogP contribution in [-0.2, 0) is 0 Å². The number of ketones is 1. The van der Waals surface area contributed by atoms with E-state index < -0.39 is 0 Å². The van der Waals surface area contributed by atoms with E-state index in [0.29, 0.717) is 16.2 Å². The topological polar surface area (TPSA) is 34.1 Å². The molecule has 0 bridgehead atoms. The van der Waals surface area contributed by atoms with Gasteiger partial charge < -0.3 is 0 Å². The highest BCUT2D eigenvalue weighted by Crippen LogP contribution is 2.41. The molecule has 2 nitrogen and oxygen atoms in total. The van der Waals surface area contributed by atoms with Crippen molar-refractivity contribution < 1.29 is 9.59 Å². The van der Waals surface area contributed by atoms with Crippen molar-refractivity contribution in [1.29, 1.82) is 0 Å². The molecule has 3 heteroatoms. The Balaban J connectivity index is 1.29. The van der Waals surface area contributed by atoms with Crippen molar-refractivity contribution >= 4 is 56.4 Å². The lowest BCUT2D eigenvalue weighted by atomic mass is 9.96. The number of halogens is 1. The molecule has 0 spiro atoms. The van der Waals surface area contributed by atoms with Crippen LogP contribution in [0.1, 0.15) is 51.6 Å². The Kier molecular flexibility index (Phi) is 6.06. The molecule has 2 aliphatic rings. The minimum absolute atomic E-state index is 0.0512. The fourth-order valence-electron chi connectivity index (χ4n) is 5.46. The van der Waals surface area contributed by atoms with E-state index in [9.17, 15) is 9.59 Å². The van der Waals surface area contributed by atoms with Crippen LogP contribution >= 0.6 is 11.6 Å². The monoisotopic (exact) mass is 512 g/mol. The van der Waals surface area contributed by atoms with Gasteiger partial charge in [-0.25, -0.2) is 0 Å². The van der Waals surface area contributed by atoms with Crippen LogP contribution < -0.4 is 0 Å². The Bertz CT molecular complexity index is 1830. The van der Waals surface area contributed by atoms with Gasteiger partial charge in [-0.1, -0.05) is 78.9 Å². The molecule has 0 atom stereocenters. The van der Waals surface area contributed by atoms with Crippen LogP contribution in [0.4, 0.5) is 0 Å². The number of benzene rings is 4. The van der Waals surface area contributed by atoms with Gasteiger partial charge in [-0.05, 0) is 105 Å². The van der Waals surface area contributed by atoms with Crippen LogP contribution in [0.25, 0.3) is 32.7 Å². The van der Waals surface area contributed by atoms with Gasteiger partial charge in [0, 0.05) is 21.7 Å². The Labute approximate surface area is 226 Å². The zero-order valence-corrected chi connectivity index (χ0v) is 21.8. The van der Waals surface area contributed by atoms with Crippen molar-refractivity contribution in [1.82, 2.24) is 0 Å². The first kappa shape index (κ1) is 24.1. The lowest BCUT2D eigenvalue weighted by molar-refractivity contribution is 0.104. The minimum atomic E-state index is 0.0512. The van der Waals surface area contributed by atoms with Crippen molar-refractivity contribution in [2.45, 2.75) is 19.8 Å². The SMILES string of the molecule is C=C(/C=C\C1=C(Cl)C(=C/C2=C(C)c3cc4ccccc4cc3C2=O)/CC1)c1cc2ccccc2cc1C=O. The second kappa shape index (κ2) is 9.55. The molecule has 0 aliphatic heterocycles. The molecule has 0 heterocycles. The van der Waals surface area contributed by atoms with E-state index in [2.05, 4.69) is 18.7 Å². The Morgan fingerprint density at radius 1 is 0.868 bits per heavy atom. The lowest BCUT2D eigenvalue weighted by Crippen LogP contribution is -1.97. The number of rotatable bonds is 5. The first-order valence-electron chi connectivity index (χ1n) is 12.7. The van der Waals surface area contributed by atoms with Crippen LogP contribution in [-0.4, -0.2) is 12.1 Å². The number of fused-ring (bicyclic) bond motifs is 3. The molecule has 0 amide bonds. The van der Waals surface area contributed by atoms with E-state index in [1.165, 1.54) is 0 Å². The van der Waals surface area contributed by atoms with Gasteiger partial charge in [-0.15, -0.1) is 0 Å². The number of carbonyl (C=O) groups excluding carboxylic acids is 2. The first-order valence-corrected chi connectivity index (χ1v) is 13.1. The highest BCUT2D eigenvalue weighted by Gasteiger charge is 2.28. The number of hydrogen-bond donors (Lipinski definition) is 0. The summed E-state index contributed by atoms with van der Waals surface area (Å²) in [6.45, 7) is 6.23. The van der Waals surface area contributed by atoms with Gasteiger partial charge in [0.1, 0.15) is 0 Å². The van der Waals surface area contributed by atoms with Gasteiger partial charge >= 0.3 is 0 Å². The molecular weight excluding hydrogens is 488 g/mol. The van der Waals surface area contributed by atoms with Crippen molar-refractivity contribution in [3.8, 4) is 0 Å². The summed E-state index contributed by atoms with van der Waals surface area (Å²) in [5.41, 5.74) is 7.59. The van der Waals surface area contributed by atoms with Crippen molar-refractivity contribution in [3.63, 3.8) is 0 Å². The number of aldehydes is 1. The van der Waals surface area contributed by atoms with E-state index in [1.54, 1.807) is 0 Å². The molecule has 0 aromatic heterocycles. The third-order valence-corrected chi connectivity index (χ3v) is 8.09. The largest absolute Gasteiger partial charge is 0.298 e. The molecule has 0 N–H and O–H groups in total. The van der Waals surface area contributed by atoms with Crippen LogP contribution in [0.2, 0.25) is 0 Å². The van der Waals surface area contributed by atoms with E-state index in [1.807, 2.05) is 85.8 Å². The summed E-state index contributed by atoms with van der Waals surface area (Å²) in [6, 6.07) is 24.1. The van der Waals surface area contributed by atoms with Crippen molar-refractivity contribution in [2.24, 2.45) is 0 Å². The van der Waals surface area contributed by atoms with Gasteiger partial charge in [0.05, 0.1) is 0 Å². The second-order valence-corrected chi connectivity index (χ2v) is 10.3. The smallest absolute Gasteiger partial charge is 0.193 e. The highest BCUT2D eigenvalue weighted by molar-refractivity contribution is 6.33. The third-order valence-electron chi connectivity index (χ3n) is 7.61. The summed E-state index contributed by atoms with van der Waals surface area (Å²) in [5, 5.41) is 4.95. The molecule has 0 saturated heterocycles. The standard InChI is InChI=1S/C35H25ClO2/c1-21(30-16-25-8-4-3-7-24(25)15-29(30)20-37)11-12-23-13-14-28(34(23)36)19-32-22(2)31-17-26-9-5-6-10-27(26)18-33(31)35(32)38/h3-12,15-20H,1,13-14H2,2H3/b12-11-,28-19+. The second-order valence-electron chi connectivity index (χ2n) is 9.88. The van der Waals surface area contributed by atoms with Crippen LogP contribution in [0, 0.1) is 0 Å². The van der Waals surface area contributed by atoms with Crippen LogP contribution in [0.3, 0.4) is 0 Å². The third kappa shape index (κ3) is 4.08. The molecule has 38 heavy (non-hydrogen) atoms. The van der Waals surface area contributed by atoms with Gasteiger partial charge in [-0.3, -0.25) is 9.59 Å². The molecular formula is C35H25ClO2. The summed E-state index contributed by atoms with van der Waals surface area (Å²) in [7, 11) is 0. The Morgan fingerprint density at radius 2 is 1.47 bits per heavy atom. The zero-order chi connectivity index (χ0) is 26.4. The molecule has 6 rings (SSSR count). The van der Waals surface area contributed by atoms with Gasteiger partial charge in [0.2, 0.25) is 0 Å². The minimum Gasteiger partial charge on any atom is -0.298 e. The molecule has 2 aliphatic carbocycles. The number of Topliss-reactive ketones (excluding diaryl/α,β-unsaturated/α-hetero) is 1. The Hall–Kier alpha value is -4.27. The number of hydrogen-bond acceptors (Lipinski definition) is 2. The average Bonchev–Trinajstić information content (AvgIpc) is 3.41. The average molecular weight is 513 g/mol. The van der Waals surface area contributed by atoms with Gasteiger partial charge in [0.25, 0.3) is 0 Å². The summed E-state index contributed by atoms with van der Waals surface area (Å²) in [5.74, 6) is 0.0512. The summed E-state index contributed by atoms with van der Waals surface area (Å²) < 4.78 is 0. The zero-order valence-electron chi connectivity index (χ0n) is 21.1. The maximum absolute atomic E-state index is 13.3. The normalized spacial score (nSPS) is 16.5. The summed E-state index contributed by atoms with van der Waals surface area (Å²) >= 11 is 6.82. The number of carbonyl (C=O) groups is 2. The summed E-state index contributed by atoms with van der Waals surface area (Å²) in [4.78, 5) is 25.1.